The number of nitrogens with zero attached hydrogens (tertiary/aromatic N) is 4. The van der Waals surface area contributed by atoms with Crippen LogP contribution < -0.4 is 5.73 Å². The molecule has 3 heterocycles. The van der Waals surface area contributed by atoms with Gasteiger partial charge in [-0.05, 0) is 53.9 Å². The zero-order valence-corrected chi connectivity index (χ0v) is 17.6. The molecule has 2 aromatic carbocycles. The van der Waals surface area contributed by atoms with E-state index >= 15 is 0 Å². The summed E-state index contributed by atoms with van der Waals surface area (Å²) in [6, 6.07) is 8.13. The minimum atomic E-state index is 0.221. The van der Waals surface area contributed by atoms with Crippen molar-refractivity contribution in [1.82, 2.24) is 19.9 Å². The molecule has 150 valence electrons. The van der Waals surface area contributed by atoms with Crippen LogP contribution in [0.25, 0.3) is 22.2 Å². The topological polar surface area (TPSA) is 77.2 Å². The molecule has 6 nitrogen and oxygen atoms in total. The summed E-state index contributed by atoms with van der Waals surface area (Å²) in [4.78, 5) is 15.9. The Morgan fingerprint density at radius 1 is 1.10 bits per heavy atom. The molecule has 1 saturated heterocycles. The largest absolute Gasteiger partial charge is 0.372 e. The van der Waals surface area contributed by atoms with Crippen LogP contribution in [0.4, 0.5) is 5.95 Å². The third-order valence-corrected chi connectivity index (χ3v) is 6.61. The number of aromatic nitrogens is 3. The Bertz CT molecular complexity index is 1070. The summed E-state index contributed by atoms with van der Waals surface area (Å²) in [5, 5.41) is 3.47. The smallest absolute Gasteiger partial charge is 0.224 e. The van der Waals surface area contributed by atoms with E-state index in [1.807, 2.05) is 12.1 Å². The van der Waals surface area contributed by atoms with E-state index in [0.29, 0.717) is 29.2 Å². The van der Waals surface area contributed by atoms with Crippen LogP contribution in [0.3, 0.4) is 0 Å². The molecule has 0 atom stereocenters. The number of halogens is 1. The van der Waals surface area contributed by atoms with Crippen LogP contribution in [0.2, 0.25) is 5.02 Å². The second kappa shape index (κ2) is 8.07. The lowest BCUT2D eigenvalue weighted by Gasteiger charge is -2.20. The summed E-state index contributed by atoms with van der Waals surface area (Å²) in [6.07, 6.45) is 2.59. The Morgan fingerprint density at radius 2 is 1.93 bits per heavy atom. The summed E-state index contributed by atoms with van der Waals surface area (Å²) >= 11 is 8.30. The Balaban J connectivity index is 1.51. The first-order valence-electron chi connectivity index (χ1n) is 9.87. The number of hydrogen-bond donors (Lipinski definition) is 1. The predicted molar refractivity (Wildman–Crippen MR) is 117 cm³/mol. The molecule has 8 heteroatoms. The molecule has 2 aliphatic rings. The van der Waals surface area contributed by atoms with Crippen molar-refractivity contribution in [3.05, 3.63) is 40.4 Å². The van der Waals surface area contributed by atoms with Crippen LogP contribution in [0, 0.1) is 0 Å². The fourth-order valence-electron chi connectivity index (χ4n) is 4.17. The van der Waals surface area contributed by atoms with Crippen LogP contribution in [-0.4, -0.2) is 45.2 Å². The lowest BCUT2D eigenvalue weighted by molar-refractivity contribution is 0.103. The number of nitrogens with two attached hydrogens (primary N) is 1. The van der Waals surface area contributed by atoms with Crippen LogP contribution >= 0.6 is 23.4 Å². The molecule has 0 aliphatic carbocycles. The molecule has 1 fully saturated rings. The summed E-state index contributed by atoms with van der Waals surface area (Å²) in [6.45, 7) is 4.57. The van der Waals surface area contributed by atoms with Gasteiger partial charge in [-0.15, -0.1) is 0 Å². The Morgan fingerprint density at radius 3 is 2.79 bits per heavy atom. The van der Waals surface area contributed by atoms with E-state index in [9.17, 15) is 0 Å². The number of benzene rings is 2. The summed E-state index contributed by atoms with van der Waals surface area (Å²) in [7, 11) is 0. The van der Waals surface area contributed by atoms with Crippen LogP contribution in [0.15, 0.2) is 29.4 Å². The molecule has 1 aromatic heterocycles. The number of thioether (sulfide) groups is 1. The highest BCUT2D eigenvalue weighted by Gasteiger charge is 2.21. The average molecular weight is 428 g/mol. The molecule has 0 saturated carbocycles. The summed E-state index contributed by atoms with van der Waals surface area (Å²) < 4.78 is 5.68. The SMILES string of the molecule is Nc1nc(SCCN2CCCC2)nc(-c2c(Cl)cc3c4c(cccc24)COC3)n1. The highest BCUT2D eigenvalue weighted by atomic mass is 35.5. The number of likely N-dealkylation sites (tertiary alicyclic amines) is 1. The zero-order valence-electron chi connectivity index (χ0n) is 16.0. The van der Waals surface area contributed by atoms with Gasteiger partial charge in [-0.2, -0.15) is 9.97 Å². The molecule has 0 radical (unpaired) electrons. The van der Waals surface area contributed by atoms with E-state index in [1.165, 1.54) is 31.3 Å². The number of rotatable bonds is 5. The van der Waals surface area contributed by atoms with Crippen molar-refractivity contribution < 1.29 is 4.74 Å². The van der Waals surface area contributed by atoms with E-state index in [0.717, 1.165) is 34.4 Å². The van der Waals surface area contributed by atoms with Gasteiger partial charge in [-0.1, -0.05) is 41.6 Å². The second-order valence-corrected chi connectivity index (χ2v) is 8.89. The third-order valence-electron chi connectivity index (χ3n) is 5.49. The van der Waals surface area contributed by atoms with E-state index in [-0.39, 0.29) is 5.95 Å². The molecule has 2 N–H and O–H groups in total. The first kappa shape index (κ1) is 19.1. The number of nitrogen functional groups attached to an aromatic ring is 1. The molecule has 5 rings (SSSR count). The molecular weight excluding hydrogens is 406 g/mol. The predicted octanol–water partition coefficient (Wildman–Crippen LogP) is 4.15. The molecule has 0 amide bonds. The highest BCUT2D eigenvalue weighted by molar-refractivity contribution is 7.99. The first-order valence-corrected chi connectivity index (χ1v) is 11.2. The molecule has 29 heavy (non-hydrogen) atoms. The van der Waals surface area contributed by atoms with Gasteiger partial charge in [0.15, 0.2) is 11.0 Å². The monoisotopic (exact) mass is 427 g/mol. The number of hydrogen-bond acceptors (Lipinski definition) is 7. The van der Waals surface area contributed by atoms with Crippen molar-refractivity contribution in [3.8, 4) is 11.4 Å². The van der Waals surface area contributed by atoms with Crippen molar-refractivity contribution in [3.63, 3.8) is 0 Å². The first-order chi connectivity index (χ1) is 14.2. The molecule has 2 aliphatic heterocycles. The van der Waals surface area contributed by atoms with Gasteiger partial charge >= 0.3 is 0 Å². The number of ether oxygens (including phenoxy) is 1. The molecule has 0 spiro atoms. The third kappa shape index (κ3) is 3.80. The zero-order chi connectivity index (χ0) is 19.8. The average Bonchev–Trinajstić information content (AvgIpc) is 3.21. The lowest BCUT2D eigenvalue weighted by atomic mass is 9.94. The van der Waals surface area contributed by atoms with Gasteiger partial charge < -0.3 is 15.4 Å². The molecule has 0 unspecified atom stereocenters. The molecule has 3 aromatic rings. The standard InChI is InChI=1S/C21H22ClN5OS/c22-16-10-14-12-28-11-13-4-3-5-15(17(13)14)18(16)19-24-20(23)26-21(25-19)29-9-8-27-6-1-2-7-27/h3-5,10H,1-2,6-9,11-12H2,(H2,23,24,25,26). The van der Waals surface area contributed by atoms with Gasteiger partial charge in [0.1, 0.15) is 0 Å². The van der Waals surface area contributed by atoms with E-state index in [2.05, 4.69) is 27.0 Å². The minimum Gasteiger partial charge on any atom is -0.372 e. The van der Waals surface area contributed by atoms with Crippen LogP contribution in [0.1, 0.15) is 24.0 Å². The van der Waals surface area contributed by atoms with Gasteiger partial charge in [0.25, 0.3) is 0 Å². The highest BCUT2D eigenvalue weighted by Crippen LogP contribution is 2.39. The minimum absolute atomic E-state index is 0.221. The Labute approximate surface area is 178 Å². The van der Waals surface area contributed by atoms with Crippen LogP contribution in [-0.2, 0) is 18.0 Å². The van der Waals surface area contributed by atoms with E-state index in [4.69, 9.17) is 27.1 Å². The van der Waals surface area contributed by atoms with Gasteiger partial charge in [-0.25, -0.2) is 4.98 Å². The fraction of sp³-hybridized carbons (Fsp3) is 0.381. The van der Waals surface area contributed by atoms with E-state index in [1.54, 1.807) is 11.8 Å². The maximum absolute atomic E-state index is 6.68. The Hall–Kier alpha value is -1.93. The van der Waals surface area contributed by atoms with Gasteiger partial charge in [-0.3, -0.25) is 0 Å². The van der Waals surface area contributed by atoms with Crippen LogP contribution in [0.5, 0.6) is 0 Å². The van der Waals surface area contributed by atoms with Crippen molar-refractivity contribution >= 4 is 40.1 Å². The summed E-state index contributed by atoms with van der Waals surface area (Å²) in [5.74, 6) is 1.68. The van der Waals surface area contributed by atoms with Crippen molar-refractivity contribution in [1.29, 1.82) is 0 Å². The van der Waals surface area contributed by atoms with Crippen molar-refractivity contribution in [2.75, 3.05) is 31.1 Å². The Kier molecular flexibility index (Phi) is 5.30. The fourth-order valence-corrected chi connectivity index (χ4v) is 5.33. The van der Waals surface area contributed by atoms with Gasteiger partial charge in [0, 0.05) is 17.9 Å². The number of anilines is 1. The van der Waals surface area contributed by atoms with Crippen molar-refractivity contribution in [2.24, 2.45) is 0 Å². The summed E-state index contributed by atoms with van der Waals surface area (Å²) in [5.41, 5.74) is 9.09. The molecular formula is C21H22ClN5OS. The van der Waals surface area contributed by atoms with Gasteiger partial charge in [0.2, 0.25) is 5.95 Å². The second-order valence-electron chi connectivity index (χ2n) is 7.42. The van der Waals surface area contributed by atoms with E-state index < -0.39 is 0 Å². The quantitative estimate of drug-likeness (QED) is 0.613. The normalized spacial score (nSPS) is 16.6. The maximum Gasteiger partial charge on any atom is 0.224 e. The lowest BCUT2D eigenvalue weighted by Crippen LogP contribution is -2.22. The maximum atomic E-state index is 6.68. The molecule has 0 bridgehead atoms. The van der Waals surface area contributed by atoms with Gasteiger partial charge in [0.05, 0.1) is 18.2 Å². The van der Waals surface area contributed by atoms with Crippen molar-refractivity contribution in [2.45, 2.75) is 31.2 Å².